The van der Waals surface area contributed by atoms with E-state index >= 15 is 0 Å². The highest BCUT2D eigenvalue weighted by Crippen LogP contribution is 2.12. The van der Waals surface area contributed by atoms with E-state index in [1.54, 1.807) is 4.90 Å². The third-order valence-corrected chi connectivity index (χ3v) is 6.20. The van der Waals surface area contributed by atoms with Crippen molar-refractivity contribution in [2.75, 3.05) is 32.9 Å². The molecule has 1 aliphatic rings. The molecule has 8 heteroatoms. The van der Waals surface area contributed by atoms with Gasteiger partial charge in [-0.1, -0.05) is 31.2 Å². The van der Waals surface area contributed by atoms with Crippen molar-refractivity contribution in [3.63, 3.8) is 0 Å². The monoisotopic (exact) mass is 396 g/mol. The van der Waals surface area contributed by atoms with Crippen LogP contribution < -0.4 is 10.0 Å². The van der Waals surface area contributed by atoms with E-state index in [2.05, 4.69) is 27.1 Å². The highest BCUT2D eigenvalue weighted by atomic mass is 32.2. The molecule has 2 amide bonds. The SMILES string of the molecule is CCCS(=O)(=O)NC1CCN(C(=O)NCc2ccc(CN(C)C)cc2)CC1. The number of piperidine rings is 1. The van der Waals surface area contributed by atoms with Crippen molar-refractivity contribution in [3.05, 3.63) is 35.4 Å². The van der Waals surface area contributed by atoms with Gasteiger partial charge >= 0.3 is 6.03 Å². The molecule has 1 aromatic rings. The summed E-state index contributed by atoms with van der Waals surface area (Å²) < 4.78 is 26.4. The number of rotatable bonds is 8. The van der Waals surface area contributed by atoms with Gasteiger partial charge in [0, 0.05) is 32.2 Å². The Morgan fingerprint density at radius 2 is 1.74 bits per heavy atom. The van der Waals surface area contributed by atoms with Crippen molar-refractivity contribution >= 4 is 16.1 Å². The van der Waals surface area contributed by atoms with Crippen molar-refractivity contribution in [1.82, 2.24) is 19.8 Å². The van der Waals surface area contributed by atoms with Crippen LogP contribution >= 0.6 is 0 Å². The third-order valence-electron chi connectivity index (χ3n) is 4.57. The normalized spacial score (nSPS) is 15.9. The molecular formula is C19H32N4O3S. The van der Waals surface area contributed by atoms with Gasteiger partial charge in [-0.3, -0.25) is 0 Å². The maximum absolute atomic E-state index is 12.3. The quantitative estimate of drug-likeness (QED) is 0.701. The van der Waals surface area contributed by atoms with Gasteiger partial charge in [0.1, 0.15) is 0 Å². The van der Waals surface area contributed by atoms with Gasteiger partial charge in [-0.2, -0.15) is 0 Å². The second-order valence-electron chi connectivity index (χ2n) is 7.41. The molecule has 7 nitrogen and oxygen atoms in total. The number of nitrogens with zero attached hydrogens (tertiary/aromatic N) is 2. The first-order chi connectivity index (χ1) is 12.8. The van der Waals surface area contributed by atoms with Crippen LogP contribution in [0.25, 0.3) is 0 Å². The van der Waals surface area contributed by atoms with Crippen LogP contribution in [-0.2, 0) is 23.1 Å². The summed E-state index contributed by atoms with van der Waals surface area (Å²) >= 11 is 0. The summed E-state index contributed by atoms with van der Waals surface area (Å²) in [6.07, 6.45) is 1.90. The van der Waals surface area contributed by atoms with Gasteiger partial charge in [0.2, 0.25) is 10.0 Å². The summed E-state index contributed by atoms with van der Waals surface area (Å²) in [6.45, 7) is 4.36. The molecule has 1 heterocycles. The molecule has 2 N–H and O–H groups in total. The van der Waals surface area contributed by atoms with Crippen molar-refractivity contribution in [1.29, 1.82) is 0 Å². The fraction of sp³-hybridized carbons (Fsp3) is 0.632. The van der Waals surface area contributed by atoms with Gasteiger partial charge in [0.05, 0.1) is 5.75 Å². The predicted octanol–water partition coefficient (Wildman–Crippen LogP) is 1.75. The number of nitrogens with one attached hydrogen (secondary N) is 2. The lowest BCUT2D eigenvalue weighted by molar-refractivity contribution is 0.179. The fourth-order valence-corrected chi connectivity index (χ4v) is 4.60. The van der Waals surface area contributed by atoms with Crippen LogP contribution in [0.3, 0.4) is 0 Å². The van der Waals surface area contributed by atoms with Gasteiger partial charge < -0.3 is 15.1 Å². The molecule has 1 aliphatic heterocycles. The molecule has 0 unspecified atom stereocenters. The topological polar surface area (TPSA) is 81.8 Å². The zero-order valence-electron chi connectivity index (χ0n) is 16.6. The largest absolute Gasteiger partial charge is 0.334 e. The third kappa shape index (κ3) is 7.48. The Kier molecular flexibility index (Phi) is 8.07. The van der Waals surface area contributed by atoms with E-state index in [1.165, 1.54) is 5.56 Å². The van der Waals surface area contributed by atoms with E-state index < -0.39 is 10.0 Å². The summed E-state index contributed by atoms with van der Waals surface area (Å²) in [7, 11) is 0.869. The van der Waals surface area contributed by atoms with Crippen LogP contribution in [0.1, 0.15) is 37.3 Å². The molecule has 1 saturated heterocycles. The Balaban J connectivity index is 1.74. The number of likely N-dealkylation sites (tertiary alicyclic amines) is 1. The first-order valence-corrected chi connectivity index (χ1v) is 11.2. The van der Waals surface area contributed by atoms with Crippen LogP contribution in [0.4, 0.5) is 4.79 Å². The Labute approximate surface area is 163 Å². The minimum Gasteiger partial charge on any atom is -0.334 e. The van der Waals surface area contributed by atoms with E-state index in [0.717, 1.165) is 12.1 Å². The molecule has 0 radical (unpaired) electrons. The lowest BCUT2D eigenvalue weighted by atomic mass is 10.1. The van der Waals surface area contributed by atoms with Crippen LogP contribution in [0, 0.1) is 0 Å². The van der Waals surface area contributed by atoms with Crippen molar-refractivity contribution in [2.24, 2.45) is 0 Å². The smallest absolute Gasteiger partial charge is 0.317 e. The van der Waals surface area contributed by atoms with Gasteiger partial charge in [-0.15, -0.1) is 0 Å². The molecule has 1 fully saturated rings. The number of hydrogen-bond acceptors (Lipinski definition) is 4. The standard InChI is InChI=1S/C19H32N4O3S/c1-4-13-27(25,26)21-18-9-11-23(12-10-18)19(24)20-14-16-5-7-17(8-6-16)15-22(2)3/h5-8,18,21H,4,9-15H2,1-3H3,(H,20,24). The minimum absolute atomic E-state index is 0.0742. The highest BCUT2D eigenvalue weighted by Gasteiger charge is 2.25. The lowest BCUT2D eigenvalue weighted by Crippen LogP contribution is -2.49. The Hall–Kier alpha value is -1.64. The van der Waals surface area contributed by atoms with Crippen molar-refractivity contribution in [3.8, 4) is 0 Å². The van der Waals surface area contributed by atoms with E-state index in [1.807, 2.05) is 33.2 Å². The molecule has 0 aliphatic carbocycles. The number of amides is 2. The van der Waals surface area contributed by atoms with Crippen LogP contribution in [-0.4, -0.2) is 63.2 Å². The van der Waals surface area contributed by atoms with Crippen LogP contribution in [0.5, 0.6) is 0 Å². The molecular weight excluding hydrogens is 364 g/mol. The predicted molar refractivity (Wildman–Crippen MR) is 108 cm³/mol. The molecule has 0 spiro atoms. The van der Waals surface area contributed by atoms with E-state index in [4.69, 9.17) is 0 Å². The van der Waals surface area contributed by atoms with Gasteiger partial charge in [0.25, 0.3) is 0 Å². The Morgan fingerprint density at radius 1 is 1.15 bits per heavy atom. The molecule has 0 bridgehead atoms. The number of urea groups is 1. The van der Waals surface area contributed by atoms with Gasteiger partial charge in [0.15, 0.2) is 0 Å². The second kappa shape index (κ2) is 10.1. The first-order valence-electron chi connectivity index (χ1n) is 9.54. The van der Waals surface area contributed by atoms with Crippen molar-refractivity contribution in [2.45, 2.75) is 45.3 Å². The number of hydrogen-bond donors (Lipinski definition) is 2. The molecule has 0 aromatic heterocycles. The van der Waals surface area contributed by atoms with Crippen molar-refractivity contribution < 1.29 is 13.2 Å². The van der Waals surface area contributed by atoms with Crippen LogP contribution in [0.15, 0.2) is 24.3 Å². The summed E-state index contributed by atoms with van der Waals surface area (Å²) in [5.41, 5.74) is 2.30. The summed E-state index contributed by atoms with van der Waals surface area (Å²) in [6, 6.07) is 8.06. The molecule has 1 aromatic carbocycles. The molecule has 0 atom stereocenters. The van der Waals surface area contributed by atoms with E-state index in [-0.39, 0.29) is 17.8 Å². The number of sulfonamides is 1. The van der Waals surface area contributed by atoms with Crippen LogP contribution in [0.2, 0.25) is 0 Å². The van der Waals surface area contributed by atoms with Gasteiger partial charge in [-0.05, 0) is 44.5 Å². The number of carbonyl (C=O) groups is 1. The lowest BCUT2D eigenvalue weighted by Gasteiger charge is -2.32. The summed E-state index contributed by atoms with van der Waals surface area (Å²) in [5.74, 6) is 0.154. The van der Waals surface area contributed by atoms with Gasteiger partial charge in [-0.25, -0.2) is 17.9 Å². The Morgan fingerprint density at radius 3 is 2.30 bits per heavy atom. The summed E-state index contributed by atoms with van der Waals surface area (Å²) in [4.78, 5) is 16.2. The zero-order valence-corrected chi connectivity index (χ0v) is 17.4. The van der Waals surface area contributed by atoms with E-state index in [0.29, 0.717) is 38.9 Å². The maximum atomic E-state index is 12.3. The average Bonchev–Trinajstić information content (AvgIpc) is 2.60. The highest BCUT2D eigenvalue weighted by molar-refractivity contribution is 7.89. The molecule has 0 saturated carbocycles. The Bertz CT molecular complexity index is 696. The minimum atomic E-state index is -3.20. The maximum Gasteiger partial charge on any atom is 0.317 e. The zero-order chi connectivity index (χ0) is 19.9. The number of carbonyl (C=O) groups excluding carboxylic acids is 1. The molecule has 27 heavy (non-hydrogen) atoms. The second-order valence-corrected chi connectivity index (χ2v) is 9.28. The average molecular weight is 397 g/mol. The summed E-state index contributed by atoms with van der Waals surface area (Å²) in [5, 5.41) is 2.95. The number of benzene rings is 1. The fourth-order valence-electron chi connectivity index (χ4n) is 3.20. The first kappa shape index (κ1) is 21.7. The molecule has 2 rings (SSSR count). The molecule has 152 valence electrons. The van der Waals surface area contributed by atoms with E-state index in [9.17, 15) is 13.2 Å².